The van der Waals surface area contributed by atoms with E-state index in [9.17, 15) is 14.7 Å². The van der Waals surface area contributed by atoms with Gasteiger partial charge in [-0.2, -0.15) is 0 Å². The van der Waals surface area contributed by atoms with Crippen molar-refractivity contribution in [3.8, 4) is 0 Å². The zero-order chi connectivity index (χ0) is 16.2. The van der Waals surface area contributed by atoms with E-state index < -0.39 is 12.0 Å². The number of likely N-dealkylation sites (tertiary alicyclic amines) is 2. The molecule has 24 heavy (non-hydrogen) atoms. The number of carbonyl (C=O) groups excluding carboxylic acids is 1. The van der Waals surface area contributed by atoms with Crippen molar-refractivity contribution in [2.24, 2.45) is 0 Å². The largest absolute Gasteiger partial charge is 0.480 e. The Morgan fingerprint density at radius 3 is 2.54 bits per heavy atom. The van der Waals surface area contributed by atoms with Crippen LogP contribution in [-0.2, 0) is 11.3 Å². The molecule has 0 saturated carbocycles. The van der Waals surface area contributed by atoms with Crippen molar-refractivity contribution in [2.45, 2.75) is 44.7 Å². The molecule has 0 aliphatic carbocycles. The van der Waals surface area contributed by atoms with E-state index in [1.165, 1.54) is 6.42 Å². The highest BCUT2D eigenvalue weighted by molar-refractivity contribution is 5.94. The zero-order valence-corrected chi connectivity index (χ0v) is 14.6. The van der Waals surface area contributed by atoms with Gasteiger partial charge in [0.15, 0.2) is 0 Å². The molecule has 0 radical (unpaired) electrons. The summed E-state index contributed by atoms with van der Waals surface area (Å²) in [5, 5.41) is 9.27. The molecule has 2 aliphatic rings. The van der Waals surface area contributed by atoms with Crippen LogP contribution in [0.25, 0.3) is 0 Å². The normalized spacial score (nSPS) is 21.3. The van der Waals surface area contributed by atoms with Crippen molar-refractivity contribution in [1.82, 2.24) is 9.80 Å². The van der Waals surface area contributed by atoms with Gasteiger partial charge in [-0.3, -0.25) is 14.5 Å². The van der Waals surface area contributed by atoms with E-state index >= 15 is 0 Å². The second-order valence-corrected chi connectivity index (χ2v) is 6.52. The standard InChI is InChI=1S/C18H24N2O3.ClH/c21-17(19-9-2-1-3-10-19)15-7-4-6-14(12-15)13-20-11-5-8-16(20)18(22)23;/h4,6-7,12,16H,1-3,5,8-11,13H2,(H,22,23);1H/t16-;/m0./s1. The molecule has 2 saturated heterocycles. The predicted molar refractivity (Wildman–Crippen MR) is 94.5 cm³/mol. The molecular weight excluding hydrogens is 328 g/mol. The molecule has 0 bridgehead atoms. The third-order valence-electron chi connectivity index (χ3n) is 4.85. The molecule has 2 heterocycles. The number of halogens is 1. The Hall–Kier alpha value is -1.59. The fraction of sp³-hybridized carbons (Fsp3) is 0.556. The summed E-state index contributed by atoms with van der Waals surface area (Å²) < 4.78 is 0. The highest BCUT2D eigenvalue weighted by Gasteiger charge is 2.30. The molecule has 1 aromatic carbocycles. The number of rotatable bonds is 4. The smallest absolute Gasteiger partial charge is 0.320 e. The lowest BCUT2D eigenvalue weighted by Crippen LogP contribution is -2.36. The molecule has 132 valence electrons. The summed E-state index contributed by atoms with van der Waals surface area (Å²) in [4.78, 5) is 27.8. The topological polar surface area (TPSA) is 60.9 Å². The van der Waals surface area contributed by atoms with E-state index in [0.29, 0.717) is 13.0 Å². The maximum atomic E-state index is 12.6. The second kappa shape index (κ2) is 8.49. The van der Waals surface area contributed by atoms with Gasteiger partial charge in [0.1, 0.15) is 6.04 Å². The molecule has 1 aromatic rings. The molecule has 0 unspecified atom stereocenters. The first-order valence-electron chi connectivity index (χ1n) is 8.50. The van der Waals surface area contributed by atoms with Crippen LogP contribution in [0.1, 0.15) is 48.0 Å². The lowest BCUT2D eigenvalue weighted by atomic mass is 10.1. The minimum atomic E-state index is -0.747. The summed E-state index contributed by atoms with van der Waals surface area (Å²) in [6, 6.07) is 7.27. The van der Waals surface area contributed by atoms with Crippen LogP contribution in [0.4, 0.5) is 0 Å². The van der Waals surface area contributed by atoms with Crippen LogP contribution in [0.3, 0.4) is 0 Å². The fourth-order valence-electron chi connectivity index (χ4n) is 3.61. The van der Waals surface area contributed by atoms with Gasteiger partial charge >= 0.3 is 5.97 Å². The van der Waals surface area contributed by atoms with Crippen molar-refractivity contribution >= 4 is 24.3 Å². The number of piperidine rings is 1. The Labute approximate surface area is 149 Å². The van der Waals surface area contributed by atoms with Crippen molar-refractivity contribution in [1.29, 1.82) is 0 Å². The maximum Gasteiger partial charge on any atom is 0.320 e. The Morgan fingerprint density at radius 2 is 1.83 bits per heavy atom. The predicted octanol–water partition coefficient (Wildman–Crippen LogP) is 2.78. The highest BCUT2D eigenvalue weighted by atomic mass is 35.5. The van der Waals surface area contributed by atoms with Crippen LogP contribution in [-0.4, -0.2) is 52.5 Å². The van der Waals surface area contributed by atoms with E-state index in [4.69, 9.17) is 0 Å². The van der Waals surface area contributed by atoms with Crippen LogP contribution >= 0.6 is 12.4 Å². The Balaban J connectivity index is 0.00000208. The average Bonchev–Trinajstić information content (AvgIpc) is 3.03. The Morgan fingerprint density at radius 1 is 1.08 bits per heavy atom. The second-order valence-electron chi connectivity index (χ2n) is 6.52. The molecule has 0 spiro atoms. The van der Waals surface area contributed by atoms with Crippen LogP contribution in [0.5, 0.6) is 0 Å². The van der Waals surface area contributed by atoms with E-state index in [0.717, 1.165) is 50.0 Å². The van der Waals surface area contributed by atoms with Crippen LogP contribution in [0.2, 0.25) is 0 Å². The minimum absolute atomic E-state index is 0. The summed E-state index contributed by atoms with van der Waals surface area (Å²) in [6.07, 6.45) is 5.00. The molecule has 1 amide bonds. The summed E-state index contributed by atoms with van der Waals surface area (Å²) in [5.41, 5.74) is 1.73. The molecule has 3 rings (SSSR count). The van der Waals surface area contributed by atoms with Gasteiger partial charge in [0.25, 0.3) is 5.91 Å². The van der Waals surface area contributed by atoms with E-state index in [1.54, 1.807) is 0 Å². The van der Waals surface area contributed by atoms with Gasteiger partial charge in [0.05, 0.1) is 0 Å². The van der Waals surface area contributed by atoms with Crippen LogP contribution < -0.4 is 0 Å². The third kappa shape index (κ3) is 4.28. The van der Waals surface area contributed by atoms with Gasteiger partial charge in [-0.15, -0.1) is 12.4 Å². The van der Waals surface area contributed by atoms with E-state index in [-0.39, 0.29) is 18.3 Å². The lowest BCUT2D eigenvalue weighted by Gasteiger charge is -2.27. The van der Waals surface area contributed by atoms with Crippen molar-refractivity contribution in [3.63, 3.8) is 0 Å². The molecule has 6 heteroatoms. The van der Waals surface area contributed by atoms with Gasteiger partial charge in [0, 0.05) is 25.2 Å². The van der Waals surface area contributed by atoms with Gasteiger partial charge in [0.2, 0.25) is 0 Å². The molecule has 2 fully saturated rings. The quantitative estimate of drug-likeness (QED) is 0.905. The summed E-state index contributed by atoms with van der Waals surface area (Å²) >= 11 is 0. The molecular formula is C18H25ClN2O3. The molecule has 1 atom stereocenters. The average molecular weight is 353 g/mol. The SMILES string of the molecule is Cl.O=C(O)[C@@H]1CCCN1Cc1cccc(C(=O)N2CCCCC2)c1. The number of nitrogens with zero attached hydrogens (tertiary/aromatic N) is 2. The number of amides is 1. The highest BCUT2D eigenvalue weighted by Crippen LogP contribution is 2.21. The van der Waals surface area contributed by atoms with Crippen molar-refractivity contribution in [2.75, 3.05) is 19.6 Å². The minimum Gasteiger partial charge on any atom is -0.480 e. The number of aliphatic carboxylic acids is 1. The number of benzene rings is 1. The number of hydrogen-bond donors (Lipinski definition) is 1. The van der Waals surface area contributed by atoms with Gasteiger partial charge in [-0.05, 0) is 56.3 Å². The number of carbonyl (C=O) groups is 2. The first-order chi connectivity index (χ1) is 11.1. The maximum absolute atomic E-state index is 12.6. The summed E-state index contributed by atoms with van der Waals surface area (Å²) in [5.74, 6) is -0.647. The fourth-order valence-corrected chi connectivity index (χ4v) is 3.61. The number of hydrogen-bond acceptors (Lipinski definition) is 3. The third-order valence-corrected chi connectivity index (χ3v) is 4.85. The number of carboxylic acid groups (broad SMARTS) is 1. The van der Waals surface area contributed by atoms with Crippen molar-refractivity contribution < 1.29 is 14.7 Å². The number of carboxylic acids is 1. The van der Waals surface area contributed by atoms with Gasteiger partial charge < -0.3 is 10.0 Å². The molecule has 5 nitrogen and oxygen atoms in total. The van der Waals surface area contributed by atoms with Crippen LogP contribution in [0, 0.1) is 0 Å². The molecule has 0 aromatic heterocycles. The summed E-state index contributed by atoms with van der Waals surface area (Å²) in [6.45, 7) is 3.09. The van der Waals surface area contributed by atoms with E-state index in [1.807, 2.05) is 34.1 Å². The van der Waals surface area contributed by atoms with Crippen molar-refractivity contribution in [3.05, 3.63) is 35.4 Å². The summed E-state index contributed by atoms with van der Waals surface area (Å²) in [7, 11) is 0. The monoisotopic (exact) mass is 352 g/mol. The van der Waals surface area contributed by atoms with Gasteiger partial charge in [-0.1, -0.05) is 12.1 Å². The first kappa shape index (κ1) is 18.7. The van der Waals surface area contributed by atoms with Gasteiger partial charge in [-0.25, -0.2) is 0 Å². The molecule has 1 N–H and O–H groups in total. The van der Waals surface area contributed by atoms with E-state index in [2.05, 4.69) is 0 Å². The zero-order valence-electron chi connectivity index (χ0n) is 13.8. The Kier molecular flexibility index (Phi) is 6.63. The van der Waals surface area contributed by atoms with Crippen LogP contribution in [0.15, 0.2) is 24.3 Å². The first-order valence-corrected chi connectivity index (χ1v) is 8.50. The lowest BCUT2D eigenvalue weighted by molar-refractivity contribution is -0.142. The Bertz CT molecular complexity index is 587. The molecule has 2 aliphatic heterocycles.